The Balaban J connectivity index is 5.58. The van der Waals surface area contributed by atoms with E-state index >= 15 is 0 Å². The van der Waals surface area contributed by atoms with Crippen LogP contribution in [0.2, 0.25) is 0 Å². The lowest BCUT2D eigenvalue weighted by atomic mass is 10.2. The van der Waals surface area contributed by atoms with Crippen molar-refractivity contribution in [1.82, 2.24) is 0 Å². The molecule has 14 heteroatoms. The van der Waals surface area contributed by atoms with Crippen molar-refractivity contribution < 1.29 is 62.2 Å². The predicted octanol–water partition coefficient (Wildman–Crippen LogP) is 4.03. The van der Waals surface area contributed by atoms with Crippen molar-refractivity contribution in [2.24, 2.45) is 0 Å². The standard InChI is InChI=1S/C7F12O2/c8-2(9)1(4(10,11)12)3(20)21-7(18,19)5(13,14)6(15,16)17. The molecule has 0 aliphatic carbocycles. The monoisotopic (exact) mass is 344 g/mol. The Morgan fingerprint density at radius 2 is 1.14 bits per heavy atom. The average molecular weight is 344 g/mol. The van der Waals surface area contributed by atoms with Crippen LogP contribution in [0, 0.1) is 0 Å². The van der Waals surface area contributed by atoms with Gasteiger partial charge in [-0.05, 0) is 0 Å². The molecular formula is C7F12O2. The molecular weight excluding hydrogens is 344 g/mol. The van der Waals surface area contributed by atoms with Gasteiger partial charge in [0.05, 0.1) is 0 Å². The maximum Gasteiger partial charge on any atom is 0.476 e. The molecule has 2 nitrogen and oxygen atoms in total. The lowest BCUT2D eigenvalue weighted by Gasteiger charge is -2.27. The molecule has 124 valence electrons. The quantitative estimate of drug-likeness (QED) is 0.439. The topological polar surface area (TPSA) is 26.3 Å². The van der Waals surface area contributed by atoms with Gasteiger partial charge >= 0.3 is 30.4 Å². The molecule has 0 unspecified atom stereocenters. The van der Waals surface area contributed by atoms with Crippen LogP contribution in [0.3, 0.4) is 0 Å². The highest BCUT2D eigenvalue weighted by molar-refractivity contribution is 5.90. The molecule has 0 saturated heterocycles. The van der Waals surface area contributed by atoms with E-state index in [-0.39, 0.29) is 0 Å². The third kappa shape index (κ3) is 3.93. The molecule has 21 heavy (non-hydrogen) atoms. The summed E-state index contributed by atoms with van der Waals surface area (Å²) < 4.78 is 145. The van der Waals surface area contributed by atoms with E-state index in [4.69, 9.17) is 0 Å². The summed E-state index contributed by atoms with van der Waals surface area (Å²) in [5.41, 5.74) is -3.74. The van der Waals surface area contributed by atoms with Gasteiger partial charge in [-0.2, -0.15) is 52.7 Å². The second-order valence-corrected chi connectivity index (χ2v) is 3.11. The minimum absolute atomic E-state index is 1.98. The number of halogens is 12. The molecule has 0 aromatic rings. The second-order valence-electron chi connectivity index (χ2n) is 3.11. The molecule has 0 saturated carbocycles. The summed E-state index contributed by atoms with van der Waals surface area (Å²) in [5, 5.41) is 0. The van der Waals surface area contributed by atoms with E-state index < -0.39 is 42.0 Å². The third-order valence-corrected chi connectivity index (χ3v) is 1.62. The van der Waals surface area contributed by atoms with Crippen molar-refractivity contribution in [3.63, 3.8) is 0 Å². The molecule has 0 heterocycles. The summed E-state index contributed by atoms with van der Waals surface area (Å²) in [6.45, 7) is 0. The summed E-state index contributed by atoms with van der Waals surface area (Å²) >= 11 is 0. The lowest BCUT2D eigenvalue weighted by Crippen LogP contribution is -2.54. The van der Waals surface area contributed by atoms with E-state index in [9.17, 15) is 57.5 Å². The van der Waals surface area contributed by atoms with Crippen molar-refractivity contribution in [1.29, 1.82) is 0 Å². The van der Waals surface area contributed by atoms with Gasteiger partial charge in [-0.25, -0.2) is 4.79 Å². The van der Waals surface area contributed by atoms with Gasteiger partial charge in [-0.3, -0.25) is 0 Å². The molecule has 0 aromatic carbocycles. The first kappa shape index (κ1) is 19.4. The fourth-order valence-corrected chi connectivity index (χ4v) is 0.697. The molecule has 0 N–H and O–H groups in total. The van der Waals surface area contributed by atoms with Gasteiger partial charge < -0.3 is 4.74 Å². The summed E-state index contributed by atoms with van der Waals surface area (Å²) in [5.74, 6) is -10.9. The highest BCUT2D eigenvalue weighted by Gasteiger charge is 2.76. The van der Waals surface area contributed by atoms with Gasteiger partial charge in [0.2, 0.25) is 5.57 Å². The SMILES string of the molecule is O=C(OC(F)(F)C(F)(F)C(F)(F)F)C(=C(F)F)C(F)(F)F. The third-order valence-electron chi connectivity index (χ3n) is 1.62. The first-order valence-corrected chi connectivity index (χ1v) is 4.13. The molecule has 0 aliphatic heterocycles. The fraction of sp³-hybridized carbons (Fsp3) is 0.571. The number of carbonyl (C=O) groups excluding carboxylic acids is 1. The summed E-state index contributed by atoms with van der Waals surface area (Å²) in [7, 11) is 0. The summed E-state index contributed by atoms with van der Waals surface area (Å²) in [6.07, 6.45) is -24.1. The minimum atomic E-state index is -7.10. The predicted molar refractivity (Wildman–Crippen MR) is 37.3 cm³/mol. The van der Waals surface area contributed by atoms with Crippen LogP contribution in [-0.4, -0.2) is 30.4 Å². The molecule has 0 fully saturated rings. The zero-order valence-electron chi connectivity index (χ0n) is 8.85. The molecule has 0 radical (unpaired) electrons. The van der Waals surface area contributed by atoms with Crippen LogP contribution in [0.5, 0.6) is 0 Å². The maximum atomic E-state index is 12.4. The van der Waals surface area contributed by atoms with Crippen molar-refractivity contribution in [3.05, 3.63) is 11.7 Å². The van der Waals surface area contributed by atoms with Gasteiger partial charge in [-0.1, -0.05) is 0 Å². The number of ether oxygens (including phenoxy) is 1. The van der Waals surface area contributed by atoms with Crippen LogP contribution in [0.15, 0.2) is 11.7 Å². The molecule has 0 aliphatic rings. The van der Waals surface area contributed by atoms with E-state index in [0.29, 0.717) is 0 Å². The second kappa shape index (κ2) is 5.29. The smallest absolute Gasteiger partial charge is 0.392 e. The number of alkyl halides is 10. The van der Waals surface area contributed by atoms with Crippen molar-refractivity contribution >= 4 is 5.97 Å². The van der Waals surface area contributed by atoms with E-state index in [1.54, 1.807) is 0 Å². The molecule has 0 aromatic heterocycles. The average Bonchev–Trinajstić information content (AvgIpc) is 2.10. The van der Waals surface area contributed by atoms with Crippen LogP contribution in [0.25, 0.3) is 0 Å². The van der Waals surface area contributed by atoms with Gasteiger partial charge in [0.25, 0.3) is 6.08 Å². The van der Waals surface area contributed by atoms with Crippen molar-refractivity contribution in [2.75, 3.05) is 0 Å². The molecule has 0 atom stereocenters. The Kier molecular flexibility index (Phi) is 4.88. The lowest BCUT2D eigenvalue weighted by molar-refractivity contribution is -0.412. The maximum absolute atomic E-state index is 12.4. The zero-order chi connectivity index (χ0) is 17.4. The minimum Gasteiger partial charge on any atom is -0.392 e. The van der Waals surface area contributed by atoms with Crippen molar-refractivity contribution in [3.8, 4) is 0 Å². The molecule has 0 rings (SSSR count). The first-order valence-electron chi connectivity index (χ1n) is 4.13. The Morgan fingerprint density at radius 1 is 0.762 bits per heavy atom. The van der Waals surface area contributed by atoms with Crippen LogP contribution in [0.4, 0.5) is 52.7 Å². The van der Waals surface area contributed by atoms with Crippen LogP contribution >= 0.6 is 0 Å². The summed E-state index contributed by atoms with van der Waals surface area (Å²) in [6, 6.07) is 0. The Hall–Kier alpha value is -1.63. The number of esters is 1. The van der Waals surface area contributed by atoms with Crippen LogP contribution in [-0.2, 0) is 9.53 Å². The number of carbonyl (C=O) groups is 1. The Bertz CT molecular complexity index is 438. The van der Waals surface area contributed by atoms with E-state index in [2.05, 4.69) is 0 Å². The van der Waals surface area contributed by atoms with Gasteiger partial charge in [0.15, 0.2) is 0 Å². The van der Waals surface area contributed by atoms with E-state index in [1.165, 1.54) is 0 Å². The number of hydrogen-bond acceptors (Lipinski definition) is 2. The number of hydrogen-bond donors (Lipinski definition) is 0. The van der Waals surface area contributed by atoms with Crippen LogP contribution < -0.4 is 0 Å². The molecule has 0 bridgehead atoms. The first-order chi connectivity index (χ1) is 8.95. The largest absolute Gasteiger partial charge is 0.476 e. The Labute approximate surface area is 106 Å². The van der Waals surface area contributed by atoms with Crippen LogP contribution in [0.1, 0.15) is 0 Å². The van der Waals surface area contributed by atoms with Gasteiger partial charge in [-0.15, -0.1) is 0 Å². The highest BCUT2D eigenvalue weighted by atomic mass is 19.4. The van der Waals surface area contributed by atoms with Crippen molar-refractivity contribution in [2.45, 2.75) is 24.4 Å². The normalized spacial score (nSPS) is 13.9. The van der Waals surface area contributed by atoms with E-state index in [1.807, 2.05) is 4.74 Å². The molecule has 0 amide bonds. The fourth-order valence-electron chi connectivity index (χ4n) is 0.697. The zero-order valence-corrected chi connectivity index (χ0v) is 8.85. The van der Waals surface area contributed by atoms with Gasteiger partial charge in [0.1, 0.15) is 0 Å². The Morgan fingerprint density at radius 3 is 1.38 bits per heavy atom. The molecule has 0 spiro atoms. The number of rotatable bonds is 3. The summed E-state index contributed by atoms with van der Waals surface area (Å²) in [4.78, 5) is 10.4. The highest BCUT2D eigenvalue weighted by Crippen LogP contribution is 2.47. The van der Waals surface area contributed by atoms with E-state index in [0.717, 1.165) is 0 Å². The van der Waals surface area contributed by atoms with Gasteiger partial charge in [0, 0.05) is 0 Å².